The number of hydrazine groups is 1. The van der Waals surface area contributed by atoms with Gasteiger partial charge in [-0.05, 0) is 26.2 Å². The molecule has 1 saturated heterocycles. The lowest BCUT2D eigenvalue weighted by atomic mass is 9.82. The summed E-state index contributed by atoms with van der Waals surface area (Å²) in [6, 6.07) is -0.0380. The molecule has 1 aromatic rings. The van der Waals surface area contributed by atoms with Crippen LogP contribution in [0.25, 0.3) is 0 Å². The van der Waals surface area contributed by atoms with Gasteiger partial charge in [-0.1, -0.05) is 13.8 Å². The van der Waals surface area contributed by atoms with E-state index in [1.54, 1.807) is 13.3 Å². The molecule has 0 spiro atoms. The van der Waals surface area contributed by atoms with Crippen molar-refractivity contribution in [1.29, 1.82) is 0 Å². The monoisotopic (exact) mass is 296 g/mol. The molecule has 21 heavy (non-hydrogen) atoms. The zero-order valence-corrected chi connectivity index (χ0v) is 13.7. The van der Waals surface area contributed by atoms with Crippen LogP contribution >= 0.6 is 0 Å². The molecule has 1 aliphatic rings. The SMILES string of the molecule is CCCn1ncc(OC)c1C(NN)C1C(C)OC(C)C1C. The van der Waals surface area contributed by atoms with E-state index in [0.29, 0.717) is 5.92 Å². The van der Waals surface area contributed by atoms with Crippen molar-refractivity contribution in [2.75, 3.05) is 7.11 Å². The van der Waals surface area contributed by atoms with Crippen LogP contribution in [0.2, 0.25) is 0 Å². The van der Waals surface area contributed by atoms with E-state index in [2.05, 4.69) is 38.2 Å². The largest absolute Gasteiger partial charge is 0.493 e. The molecule has 5 unspecified atom stereocenters. The van der Waals surface area contributed by atoms with Gasteiger partial charge in [-0.15, -0.1) is 0 Å². The van der Waals surface area contributed by atoms with E-state index >= 15 is 0 Å². The lowest BCUT2D eigenvalue weighted by Gasteiger charge is -2.29. The summed E-state index contributed by atoms with van der Waals surface area (Å²) in [5, 5.41) is 4.44. The van der Waals surface area contributed by atoms with Crippen LogP contribution in [0.4, 0.5) is 0 Å². The van der Waals surface area contributed by atoms with E-state index in [-0.39, 0.29) is 24.2 Å². The minimum absolute atomic E-state index is 0.0380. The number of ether oxygens (including phenoxy) is 2. The Morgan fingerprint density at radius 3 is 2.62 bits per heavy atom. The van der Waals surface area contributed by atoms with Crippen LogP contribution in [0, 0.1) is 11.8 Å². The van der Waals surface area contributed by atoms with Gasteiger partial charge in [0.05, 0.1) is 37.3 Å². The van der Waals surface area contributed by atoms with Crippen molar-refractivity contribution in [2.45, 2.75) is 58.9 Å². The van der Waals surface area contributed by atoms with Gasteiger partial charge in [0.1, 0.15) is 0 Å². The second kappa shape index (κ2) is 6.77. The summed E-state index contributed by atoms with van der Waals surface area (Å²) in [4.78, 5) is 0. The number of aromatic nitrogens is 2. The highest BCUT2D eigenvalue weighted by molar-refractivity contribution is 5.29. The van der Waals surface area contributed by atoms with Crippen molar-refractivity contribution in [2.24, 2.45) is 17.7 Å². The predicted molar refractivity (Wildman–Crippen MR) is 81.8 cm³/mol. The summed E-state index contributed by atoms with van der Waals surface area (Å²) < 4.78 is 13.5. The number of nitrogens with one attached hydrogen (secondary N) is 1. The molecule has 1 fully saturated rings. The summed E-state index contributed by atoms with van der Waals surface area (Å²) in [7, 11) is 1.67. The van der Waals surface area contributed by atoms with Crippen molar-refractivity contribution in [3.05, 3.63) is 11.9 Å². The summed E-state index contributed by atoms with van der Waals surface area (Å²) in [6.07, 6.45) is 3.15. The fraction of sp³-hybridized carbons (Fsp3) is 0.800. The zero-order chi connectivity index (χ0) is 15.6. The number of hydrogen-bond acceptors (Lipinski definition) is 5. The van der Waals surface area contributed by atoms with E-state index in [0.717, 1.165) is 24.4 Å². The molecule has 0 bridgehead atoms. The fourth-order valence-corrected chi connectivity index (χ4v) is 3.48. The Morgan fingerprint density at radius 2 is 2.14 bits per heavy atom. The normalized spacial score (nSPS) is 30.6. The second-order valence-electron chi connectivity index (χ2n) is 5.95. The maximum absolute atomic E-state index is 5.97. The summed E-state index contributed by atoms with van der Waals surface area (Å²) in [5.41, 5.74) is 4.00. The predicted octanol–water partition coefficient (Wildman–Crippen LogP) is 1.87. The molecule has 6 heteroatoms. The molecule has 0 aliphatic carbocycles. The smallest absolute Gasteiger partial charge is 0.161 e. The molecule has 5 atom stereocenters. The van der Waals surface area contributed by atoms with Crippen molar-refractivity contribution in [3.8, 4) is 5.75 Å². The lowest BCUT2D eigenvalue weighted by molar-refractivity contribution is 0.0470. The highest BCUT2D eigenvalue weighted by atomic mass is 16.5. The van der Waals surface area contributed by atoms with E-state index in [4.69, 9.17) is 15.3 Å². The van der Waals surface area contributed by atoms with Gasteiger partial charge >= 0.3 is 0 Å². The van der Waals surface area contributed by atoms with E-state index < -0.39 is 0 Å². The Labute approximate surface area is 126 Å². The highest BCUT2D eigenvalue weighted by Crippen LogP contribution is 2.42. The number of hydrogen-bond donors (Lipinski definition) is 2. The molecule has 0 radical (unpaired) electrons. The molecule has 0 saturated carbocycles. The van der Waals surface area contributed by atoms with E-state index in [9.17, 15) is 0 Å². The third kappa shape index (κ3) is 2.93. The number of nitrogens with two attached hydrogens (primary N) is 1. The molecule has 0 aromatic carbocycles. The zero-order valence-electron chi connectivity index (χ0n) is 13.7. The molecule has 0 amide bonds. The fourth-order valence-electron chi connectivity index (χ4n) is 3.48. The van der Waals surface area contributed by atoms with Crippen LogP contribution in [0.3, 0.4) is 0 Å². The van der Waals surface area contributed by atoms with Crippen LogP contribution < -0.4 is 16.0 Å². The molecular weight excluding hydrogens is 268 g/mol. The average Bonchev–Trinajstić information content (AvgIpc) is 2.96. The molecule has 1 aromatic heterocycles. The second-order valence-corrected chi connectivity index (χ2v) is 5.95. The van der Waals surface area contributed by atoms with Crippen molar-refractivity contribution in [1.82, 2.24) is 15.2 Å². The number of rotatable bonds is 6. The van der Waals surface area contributed by atoms with Crippen LogP contribution in [0.5, 0.6) is 5.75 Å². The quantitative estimate of drug-likeness (QED) is 0.619. The van der Waals surface area contributed by atoms with Crippen molar-refractivity contribution < 1.29 is 9.47 Å². The van der Waals surface area contributed by atoms with Crippen molar-refractivity contribution in [3.63, 3.8) is 0 Å². The maximum Gasteiger partial charge on any atom is 0.161 e. The Bertz CT molecular complexity index is 463. The molecule has 1 aliphatic heterocycles. The van der Waals surface area contributed by atoms with Gasteiger partial charge in [-0.25, -0.2) is 0 Å². The average molecular weight is 296 g/mol. The Morgan fingerprint density at radius 1 is 1.43 bits per heavy atom. The topological polar surface area (TPSA) is 74.3 Å². The molecule has 3 N–H and O–H groups in total. The van der Waals surface area contributed by atoms with Gasteiger partial charge in [-0.3, -0.25) is 16.0 Å². The number of nitrogens with zero attached hydrogens (tertiary/aromatic N) is 2. The number of aryl methyl sites for hydroxylation is 1. The van der Waals surface area contributed by atoms with Gasteiger partial charge in [-0.2, -0.15) is 5.10 Å². The Hall–Kier alpha value is -1.11. The van der Waals surface area contributed by atoms with Gasteiger partial charge in [0.2, 0.25) is 0 Å². The minimum Gasteiger partial charge on any atom is -0.493 e. The molecule has 2 rings (SSSR count). The van der Waals surface area contributed by atoms with Crippen LogP contribution in [0.1, 0.15) is 45.9 Å². The Kier molecular flexibility index (Phi) is 5.24. The van der Waals surface area contributed by atoms with E-state index in [1.165, 1.54) is 0 Å². The van der Waals surface area contributed by atoms with Gasteiger partial charge in [0.25, 0.3) is 0 Å². The summed E-state index contributed by atoms with van der Waals surface area (Å²) >= 11 is 0. The third-order valence-corrected chi connectivity index (χ3v) is 4.68. The maximum atomic E-state index is 5.97. The first-order chi connectivity index (χ1) is 10.0. The van der Waals surface area contributed by atoms with Gasteiger partial charge in [0, 0.05) is 12.5 Å². The molecule has 120 valence electrons. The first kappa shape index (κ1) is 16.3. The summed E-state index contributed by atoms with van der Waals surface area (Å²) in [6.45, 7) is 9.44. The number of methoxy groups -OCH3 is 1. The molecular formula is C15H28N4O2. The highest BCUT2D eigenvalue weighted by Gasteiger charge is 2.43. The summed E-state index contributed by atoms with van der Waals surface area (Å²) in [5.74, 6) is 7.38. The standard InChI is InChI=1S/C15H28N4O2/c1-6-7-19-15(12(20-5)8-17-19)14(18-16)13-9(2)10(3)21-11(13)4/h8-11,13-14,18H,6-7,16H2,1-5H3. The van der Waals surface area contributed by atoms with E-state index in [1.807, 2.05) is 4.68 Å². The first-order valence-corrected chi connectivity index (χ1v) is 7.76. The van der Waals surface area contributed by atoms with Gasteiger partial charge < -0.3 is 9.47 Å². The van der Waals surface area contributed by atoms with Crippen LogP contribution in [-0.4, -0.2) is 29.1 Å². The third-order valence-electron chi connectivity index (χ3n) is 4.68. The lowest BCUT2D eigenvalue weighted by Crippen LogP contribution is -2.40. The Balaban J connectivity index is 2.39. The first-order valence-electron chi connectivity index (χ1n) is 7.76. The van der Waals surface area contributed by atoms with Gasteiger partial charge in [0.15, 0.2) is 5.75 Å². The van der Waals surface area contributed by atoms with Crippen LogP contribution in [-0.2, 0) is 11.3 Å². The molecule has 2 heterocycles. The van der Waals surface area contributed by atoms with Crippen LogP contribution in [0.15, 0.2) is 6.20 Å². The van der Waals surface area contributed by atoms with Crippen molar-refractivity contribution >= 4 is 0 Å². The molecule has 6 nitrogen and oxygen atoms in total. The minimum atomic E-state index is -0.0380.